The van der Waals surface area contributed by atoms with E-state index in [1.54, 1.807) is 6.08 Å². The summed E-state index contributed by atoms with van der Waals surface area (Å²) in [5, 5.41) is 31.9. The van der Waals surface area contributed by atoms with Crippen LogP contribution < -0.4 is 0 Å². The van der Waals surface area contributed by atoms with Gasteiger partial charge in [0, 0.05) is 11.3 Å². The van der Waals surface area contributed by atoms with Gasteiger partial charge in [-0.25, -0.2) is 0 Å². The smallest absolute Gasteiger partial charge is 0.169 e. The molecule has 0 aliphatic heterocycles. The predicted molar refractivity (Wildman–Crippen MR) is 95.1 cm³/mol. The molecule has 26 heavy (non-hydrogen) atoms. The first kappa shape index (κ1) is 18.3. The van der Waals surface area contributed by atoms with E-state index in [0.717, 1.165) is 12.8 Å². The highest BCUT2D eigenvalue weighted by Crippen LogP contribution is 2.66. The second-order valence-electron chi connectivity index (χ2n) is 9.60. The highest BCUT2D eigenvalue weighted by atomic mass is 16.3. The zero-order valence-corrected chi connectivity index (χ0v) is 15.9. The highest BCUT2D eigenvalue weighted by Gasteiger charge is 2.68. The van der Waals surface area contributed by atoms with Gasteiger partial charge in [-0.2, -0.15) is 0 Å². The lowest BCUT2D eigenvalue weighted by molar-refractivity contribution is -0.169. The SMILES string of the molecule is CC(=O)[C@@]1(O)CC[C@H]2[C@@H]3C(=O)[C@H](O)C4=C[C@@H](O)CC[C@]4(C)[C@H]3CC[C@@]21C. The van der Waals surface area contributed by atoms with Crippen molar-refractivity contribution in [2.24, 2.45) is 28.6 Å². The number of ketones is 2. The molecule has 4 aliphatic rings. The van der Waals surface area contributed by atoms with Crippen molar-refractivity contribution in [2.75, 3.05) is 0 Å². The molecule has 3 fully saturated rings. The maximum absolute atomic E-state index is 13.2. The number of rotatable bonds is 1. The second-order valence-corrected chi connectivity index (χ2v) is 9.60. The Morgan fingerprint density at radius 2 is 1.73 bits per heavy atom. The van der Waals surface area contributed by atoms with Crippen molar-refractivity contribution in [1.82, 2.24) is 0 Å². The molecule has 4 aliphatic carbocycles. The Hall–Kier alpha value is -1.04. The van der Waals surface area contributed by atoms with E-state index in [9.17, 15) is 24.9 Å². The Balaban J connectivity index is 1.79. The van der Waals surface area contributed by atoms with Crippen molar-refractivity contribution >= 4 is 11.6 Å². The van der Waals surface area contributed by atoms with Gasteiger partial charge in [-0.3, -0.25) is 9.59 Å². The van der Waals surface area contributed by atoms with Crippen LogP contribution in [0.25, 0.3) is 0 Å². The first-order chi connectivity index (χ1) is 12.1. The van der Waals surface area contributed by atoms with Crippen LogP contribution in [0.15, 0.2) is 11.6 Å². The van der Waals surface area contributed by atoms with Crippen molar-refractivity contribution in [1.29, 1.82) is 0 Å². The first-order valence-corrected chi connectivity index (χ1v) is 9.92. The summed E-state index contributed by atoms with van der Waals surface area (Å²) >= 11 is 0. The summed E-state index contributed by atoms with van der Waals surface area (Å²) in [6.07, 6.45) is 3.83. The van der Waals surface area contributed by atoms with Crippen molar-refractivity contribution < 1.29 is 24.9 Å². The number of hydrogen-bond donors (Lipinski definition) is 3. The number of hydrogen-bond acceptors (Lipinski definition) is 5. The Morgan fingerprint density at radius 1 is 1.08 bits per heavy atom. The van der Waals surface area contributed by atoms with Gasteiger partial charge >= 0.3 is 0 Å². The summed E-state index contributed by atoms with van der Waals surface area (Å²) in [7, 11) is 0. The molecule has 4 rings (SSSR count). The van der Waals surface area contributed by atoms with Crippen molar-refractivity contribution in [3.63, 3.8) is 0 Å². The molecule has 5 nitrogen and oxygen atoms in total. The van der Waals surface area contributed by atoms with Gasteiger partial charge in [0.15, 0.2) is 11.6 Å². The lowest BCUT2D eigenvalue weighted by Gasteiger charge is -2.59. The molecule has 0 spiro atoms. The quantitative estimate of drug-likeness (QED) is 0.618. The van der Waals surface area contributed by atoms with Crippen LogP contribution in [-0.2, 0) is 9.59 Å². The Labute approximate surface area is 154 Å². The molecule has 144 valence electrons. The molecule has 0 aromatic carbocycles. The average molecular weight is 362 g/mol. The van der Waals surface area contributed by atoms with Crippen molar-refractivity contribution in [3.8, 4) is 0 Å². The molecule has 0 unspecified atom stereocenters. The van der Waals surface area contributed by atoms with Gasteiger partial charge in [0.2, 0.25) is 0 Å². The van der Waals surface area contributed by atoms with E-state index in [4.69, 9.17) is 0 Å². The molecular formula is C21H30O5. The molecule has 3 N–H and O–H groups in total. The lowest BCUT2D eigenvalue weighted by atomic mass is 9.45. The maximum atomic E-state index is 13.2. The molecule has 8 atom stereocenters. The Morgan fingerprint density at radius 3 is 2.38 bits per heavy atom. The van der Waals surface area contributed by atoms with Gasteiger partial charge in [-0.05, 0) is 68.3 Å². The van der Waals surface area contributed by atoms with E-state index in [2.05, 4.69) is 6.92 Å². The zero-order valence-electron chi connectivity index (χ0n) is 15.9. The molecule has 0 aromatic rings. The number of carbonyl (C=O) groups excluding carboxylic acids is 2. The first-order valence-electron chi connectivity index (χ1n) is 9.92. The van der Waals surface area contributed by atoms with E-state index >= 15 is 0 Å². The average Bonchev–Trinajstić information content (AvgIpc) is 2.87. The molecule has 5 heteroatoms. The molecule has 0 aromatic heterocycles. The van der Waals surface area contributed by atoms with Gasteiger partial charge < -0.3 is 15.3 Å². The third-order valence-corrected chi connectivity index (χ3v) is 8.71. The van der Waals surface area contributed by atoms with Crippen LogP contribution in [0.4, 0.5) is 0 Å². The number of carbonyl (C=O) groups is 2. The standard InChI is InChI=1S/C21H30O5/c1-11(22)21(26)9-6-14-16-13(5-8-20(14,21)3)19(2)7-4-12(23)10-15(19)17(24)18(16)25/h10,12-14,16-17,23-24,26H,4-9H2,1-3H3/t12-,13-,14-,16+,17+,19+,20-,21-/m0/s1. The monoisotopic (exact) mass is 362 g/mol. The number of fused-ring (bicyclic) bond motifs is 5. The fraction of sp³-hybridized carbons (Fsp3) is 0.810. The van der Waals surface area contributed by atoms with E-state index in [-0.39, 0.29) is 34.7 Å². The zero-order chi connectivity index (χ0) is 19.1. The Kier molecular flexibility index (Phi) is 3.87. The van der Waals surface area contributed by atoms with Gasteiger partial charge in [0.25, 0.3) is 0 Å². The fourth-order valence-electron chi connectivity index (χ4n) is 7.06. The van der Waals surface area contributed by atoms with Gasteiger partial charge in [0.1, 0.15) is 11.7 Å². The molecule has 0 radical (unpaired) electrons. The van der Waals surface area contributed by atoms with E-state index in [0.29, 0.717) is 31.3 Å². The van der Waals surface area contributed by atoms with Crippen molar-refractivity contribution in [2.45, 2.75) is 77.1 Å². The van der Waals surface area contributed by atoms with Crippen LogP contribution in [0.3, 0.4) is 0 Å². The molecule has 0 amide bonds. The lowest BCUT2D eigenvalue weighted by Crippen LogP contribution is -2.61. The third kappa shape index (κ3) is 2.02. The predicted octanol–water partition coefficient (Wildman–Crippen LogP) is 1.78. The molecule has 0 saturated heterocycles. The summed E-state index contributed by atoms with van der Waals surface area (Å²) in [5.74, 6) is -0.699. The highest BCUT2D eigenvalue weighted by molar-refractivity contribution is 5.92. The van der Waals surface area contributed by atoms with Crippen LogP contribution in [0.2, 0.25) is 0 Å². The largest absolute Gasteiger partial charge is 0.389 e. The Bertz CT molecular complexity index is 699. The van der Waals surface area contributed by atoms with Crippen LogP contribution in [0, 0.1) is 28.6 Å². The van der Waals surface area contributed by atoms with Crippen LogP contribution in [0.5, 0.6) is 0 Å². The third-order valence-electron chi connectivity index (χ3n) is 8.71. The normalized spacial score (nSPS) is 53.4. The summed E-state index contributed by atoms with van der Waals surface area (Å²) in [4.78, 5) is 25.4. The van der Waals surface area contributed by atoms with Crippen molar-refractivity contribution in [3.05, 3.63) is 11.6 Å². The van der Waals surface area contributed by atoms with Crippen LogP contribution in [0.1, 0.15) is 59.3 Å². The minimum atomic E-state index is -1.37. The summed E-state index contributed by atoms with van der Waals surface area (Å²) in [6.45, 7) is 5.52. The second kappa shape index (κ2) is 5.49. The van der Waals surface area contributed by atoms with Gasteiger partial charge in [-0.15, -0.1) is 0 Å². The number of Topliss-reactive ketones (excluding diaryl/α,β-unsaturated/α-hetero) is 2. The minimum absolute atomic E-state index is 0.0810. The molecule has 0 bridgehead atoms. The summed E-state index contributed by atoms with van der Waals surface area (Å²) < 4.78 is 0. The topological polar surface area (TPSA) is 94.8 Å². The number of aliphatic hydroxyl groups excluding tert-OH is 2. The molecule has 3 saturated carbocycles. The summed E-state index contributed by atoms with van der Waals surface area (Å²) in [5.41, 5.74) is -1.59. The fourth-order valence-corrected chi connectivity index (χ4v) is 7.06. The van der Waals surface area contributed by atoms with E-state index < -0.39 is 23.2 Å². The molecule has 0 heterocycles. The number of aliphatic hydroxyl groups is 3. The van der Waals surface area contributed by atoms with Gasteiger partial charge in [0.05, 0.1) is 6.10 Å². The minimum Gasteiger partial charge on any atom is -0.389 e. The molecular weight excluding hydrogens is 332 g/mol. The summed E-state index contributed by atoms with van der Waals surface area (Å²) in [6, 6.07) is 0. The maximum Gasteiger partial charge on any atom is 0.169 e. The van der Waals surface area contributed by atoms with E-state index in [1.807, 2.05) is 6.92 Å². The van der Waals surface area contributed by atoms with E-state index in [1.165, 1.54) is 6.92 Å². The van der Waals surface area contributed by atoms with Crippen LogP contribution >= 0.6 is 0 Å². The van der Waals surface area contributed by atoms with Gasteiger partial charge in [-0.1, -0.05) is 19.9 Å². The van der Waals surface area contributed by atoms with Crippen LogP contribution in [-0.4, -0.2) is 44.7 Å².